The largest absolute Gasteiger partial charge is 0.457 e. The number of carbonyl (C=O) groups excluding carboxylic acids is 2. The van der Waals surface area contributed by atoms with Crippen molar-refractivity contribution in [3.8, 4) is 0 Å². The summed E-state index contributed by atoms with van der Waals surface area (Å²) in [6.07, 6.45) is 5.79. The van der Waals surface area contributed by atoms with Crippen molar-refractivity contribution in [3.63, 3.8) is 0 Å². The van der Waals surface area contributed by atoms with E-state index in [2.05, 4.69) is 24.9 Å². The van der Waals surface area contributed by atoms with E-state index in [9.17, 15) is 19.8 Å². The number of aliphatic hydroxyl groups is 2. The highest BCUT2D eigenvalue weighted by atomic mass is 32.1. The first kappa shape index (κ1) is 30.4. The van der Waals surface area contributed by atoms with Crippen LogP contribution in [0.15, 0.2) is 22.6 Å². The number of thiazole rings is 1. The normalized spacial score (nSPS) is 32.9. The monoisotopic (exact) mass is 519 g/mol. The van der Waals surface area contributed by atoms with Gasteiger partial charge in [0.1, 0.15) is 11.9 Å². The molecule has 0 radical (unpaired) electrons. The van der Waals surface area contributed by atoms with E-state index < -0.39 is 36.1 Å². The Morgan fingerprint density at radius 2 is 1.83 bits per heavy atom. The lowest BCUT2D eigenvalue weighted by Crippen LogP contribution is -2.39. The topological polar surface area (TPSA) is 96.7 Å². The van der Waals surface area contributed by atoms with Crippen LogP contribution in [0.3, 0.4) is 0 Å². The molecule has 36 heavy (non-hydrogen) atoms. The van der Waals surface area contributed by atoms with Crippen molar-refractivity contribution in [2.75, 3.05) is 0 Å². The molecule has 2 N–H and O–H groups in total. The molecule has 0 fully saturated rings. The lowest BCUT2D eigenvalue weighted by atomic mass is 9.80. The van der Waals surface area contributed by atoms with Crippen molar-refractivity contribution >= 4 is 29.2 Å². The Balaban J connectivity index is 2.28. The van der Waals surface area contributed by atoms with E-state index in [1.165, 1.54) is 5.57 Å². The molecule has 1 unspecified atom stereocenters. The lowest BCUT2D eigenvalue weighted by molar-refractivity contribution is -0.151. The predicted octanol–water partition coefficient (Wildman–Crippen LogP) is 5.90. The van der Waals surface area contributed by atoms with Gasteiger partial charge in [0.15, 0.2) is 0 Å². The Morgan fingerprint density at radius 1 is 1.14 bits per heavy atom. The van der Waals surface area contributed by atoms with Gasteiger partial charge in [0, 0.05) is 23.6 Å². The second-order valence-corrected chi connectivity index (χ2v) is 12.0. The summed E-state index contributed by atoms with van der Waals surface area (Å²) in [6.45, 7) is 13.5. The van der Waals surface area contributed by atoms with Crippen LogP contribution < -0.4 is 0 Å². The van der Waals surface area contributed by atoms with E-state index in [4.69, 9.17) is 4.74 Å². The Kier molecular flexibility index (Phi) is 12.0. The maximum Gasteiger partial charge on any atom is 0.309 e. The maximum atomic E-state index is 13.0. The molecule has 0 bridgehead atoms. The van der Waals surface area contributed by atoms with E-state index >= 15 is 0 Å². The third kappa shape index (κ3) is 9.24. The summed E-state index contributed by atoms with van der Waals surface area (Å²) >= 11 is 1.57. The van der Waals surface area contributed by atoms with E-state index in [0.717, 1.165) is 42.0 Å². The van der Waals surface area contributed by atoms with Crippen molar-refractivity contribution in [3.05, 3.63) is 33.3 Å². The quantitative estimate of drug-likeness (QED) is 0.373. The number of Topliss-reactive ketones (excluding diaryl/α,β-unsaturated/α-hetero) is 1. The number of nitrogens with zero attached hydrogens (tertiary/aromatic N) is 1. The van der Waals surface area contributed by atoms with Crippen molar-refractivity contribution in [2.45, 2.75) is 105 Å². The van der Waals surface area contributed by atoms with Gasteiger partial charge < -0.3 is 14.9 Å². The van der Waals surface area contributed by atoms with E-state index in [1.54, 1.807) is 25.2 Å². The summed E-state index contributed by atoms with van der Waals surface area (Å²) in [4.78, 5) is 30.3. The molecule has 202 valence electrons. The molecule has 0 aromatic carbocycles. The van der Waals surface area contributed by atoms with Gasteiger partial charge in [-0.05, 0) is 63.5 Å². The minimum absolute atomic E-state index is 0.0270. The van der Waals surface area contributed by atoms with Crippen LogP contribution in [0.25, 0.3) is 6.08 Å². The van der Waals surface area contributed by atoms with Gasteiger partial charge in [-0.25, -0.2) is 4.98 Å². The van der Waals surface area contributed by atoms with Crippen molar-refractivity contribution < 1.29 is 24.5 Å². The highest BCUT2D eigenvalue weighted by Crippen LogP contribution is 2.28. The van der Waals surface area contributed by atoms with Gasteiger partial charge in [-0.2, -0.15) is 0 Å². The number of aryl methyl sites for hydroxylation is 1. The molecular weight excluding hydrogens is 474 g/mol. The van der Waals surface area contributed by atoms with Crippen LogP contribution in [0.2, 0.25) is 0 Å². The zero-order valence-corrected chi connectivity index (χ0v) is 23.8. The van der Waals surface area contributed by atoms with Crippen LogP contribution in [-0.4, -0.2) is 45.3 Å². The number of aliphatic hydroxyl groups excluding tert-OH is 2. The average Bonchev–Trinajstić information content (AvgIpc) is 3.23. The van der Waals surface area contributed by atoms with Crippen molar-refractivity contribution in [1.82, 2.24) is 4.98 Å². The van der Waals surface area contributed by atoms with Gasteiger partial charge in [-0.1, -0.05) is 45.8 Å². The van der Waals surface area contributed by atoms with E-state index in [1.807, 2.05) is 32.2 Å². The van der Waals surface area contributed by atoms with Gasteiger partial charge >= 0.3 is 5.97 Å². The smallest absolute Gasteiger partial charge is 0.309 e. The number of cyclic esters (lactones) is 1. The molecule has 6 nitrogen and oxygen atoms in total. The molecule has 0 aliphatic carbocycles. The minimum Gasteiger partial charge on any atom is -0.457 e. The number of ketones is 1. The Morgan fingerprint density at radius 3 is 2.47 bits per heavy atom. The molecule has 7 atom stereocenters. The molecule has 0 amide bonds. The average molecular weight is 520 g/mol. The third-order valence-corrected chi connectivity index (χ3v) is 8.25. The van der Waals surface area contributed by atoms with Gasteiger partial charge in [0.05, 0.1) is 29.3 Å². The van der Waals surface area contributed by atoms with Crippen LogP contribution in [-0.2, 0) is 14.3 Å². The first-order chi connectivity index (χ1) is 16.9. The number of ether oxygens (including phenoxy) is 1. The van der Waals surface area contributed by atoms with Crippen LogP contribution in [0.1, 0.15) is 90.8 Å². The maximum absolute atomic E-state index is 13.0. The number of rotatable bonds is 2. The zero-order chi connectivity index (χ0) is 27.0. The van der Waals surface area contributed by atoms with E-state index in [-0.39, 0.29) is 18.1 Å². The number of carbonyl (C=O) groups is 2. The first-order valence-corrected chi connectivity index (χ1v) is 14.1. The summed E-state index contributed by atoms with van der Waals surface area (Å²) in [5.41, 5.74) is 2.97. The van der Waals surface area contributed by atoms with Gasteiger partial charge in [-0.15, -0.1) is 11.3 Å². The van der Waals surface area contributed by atoms with Crippen molar-refractivity contribution in [2.24, 2.45) is 23.7 Å². The molecule has 0 spiro atoms. The van der Waals surface area contributed by atoms with Gasteiger partial charge in [-0.3, -0.25) is 9.59 Å². The molecule has 0 saturated heterocycles. The standard InChI is InChI=1S/C29H45NO5S/c1-17-9-8-10-18(2)13-20(4)28(33)22(6)29(34)21(5)25(31)15-27(32)35-26(12-11-17)19(3)14-24-16-36-23(7)30-24/h11,14,16,18,20-22,25-26,28,31,33H,8-10,12-13,15H2,1-7H3/b17-11?,19-14+/t18?,20-,21-,22+,25-,26-,28-/m0/s1. The molecule has 1 aliphatic rings. The fraction of sp³-hybridized carbons (Fsp3) is 0.690. The number of hydrogen-bond acceptors (Lipinski definition) is 7. The SMILES string of the molecule is CC1=CC[C@@H](/C(C)=C/c2csc(C)n2)OC(=O)C[C@H](O)[C@H](C)C(=O)[C@H](C)[C@@H](O)[C@@H](C)CC(C)CCC1. The van der Waals surface area contributed by atoms with Crippen LogP contribution in [0.4, 0.5) is 0 Å². The third-order valence-electron chi connectivity index (χ3n) is 7.46. The summed E-state index contributed by atoms with van der Waals surface area (Å²) in [7, 11) is 0. The molecular formula is C29H45NO5S. The second-order valence-electron chi connectivity index (χ2n) is 10.9. The number of hydrogen-bond donors (Lipinski definition) is 2. The molecule has 2 heterocycles. The van der Waals surface area contributed by atoms with Crippen LogP contribution in [0, 0.1) is 30.6 Å². The summed E-state index contributed by atoms with van der Waals surface area (Å²) in [5, 5.41) is 24.5. The molecule has 1 aromatic heterocycles. The summed E-state index contributed by atoms with van der Waals surface area (Å²) < 4.78 is 5.82. The zero-order valence-electron chi connectivity index (χ0n) is 23.0. The van der Waals surface area contributed by atoms with Gasteiger partial charge in [0.2, 0.25) is 0 Å². The fourth-order valence-electron chi connectivity index (χ4n) is 4.95. The fourth-order valence-corrected chi connectivity index (χ4v) is 5.52. The summed E-state index contributed by atoms with van der Waals surface area (Å²) in [6, 6.07) is 0. The Labute approximate surface area is 220 Å². The molecule has 1 aliphatic heterocycles. The first-order valence-electron chi connectivity index (χ1n) is 13.2. The van der Waals surface area contributed by atoms with Gasteiger partial charge in [0.25, 0.3) is 0 Å². The second kappa shape index (κ2) is 14.2. The number of allylic oxidation sites excluding steroid dienone is 1. The van der Waals surface area contributed by atoms with Crippen LogP contribution >= 0.6 is 11.3 Å². The van der Waals surface area contributed by atoms with E-state index in [0.29, 0.717) is 12.3 Å². The van der Waals surface area contributed by atoms with Crippen LogP contribution in [0.5, 0.6) is 0 Å². The van der Waals surface area contributed by atoms with Crippen molar-refractivity contribution in [1.29, 1.82) is 0 Å². The molecule has 0 saturated carbocycles. The lowest BCUT2D eigenvalue weighted by Gasteiger charge is -2.29. The Hall–Kier alpha value is -1.83. The Bertz CT molecular complexity index is 936. The number of esters is 1. The highest BCUT2D eigenvalue weighted by molar-refractivity contribution is 7.09. The minimum atomic E-state index is -1.17. The summed E-state index contributed by atoms with van der Waals surface area (Å²) in [5.74, 6) is -1.75. The molecule has 1 aromatic rings. The molecule has 7 heteroatoms. The number of aromatic nitrogens is 1. The predicted molar refractivity (Wildman–Crippen MR) is 146 cm³/mol. The molecule has 2 rings (SSSR count). The highest BCUT2D eigenvalue weighted by Gasteiger charge is 2.34.